The monoisotopic (exact) mass is 206 g/mol. The number of hydrogen-bond acceptors (Lipinski definition) is 5. The Balaban J connectivity index is 2.77. The summed E-state index contributed by atoms with van der Waals surface area (Å²) in [6.45, 7) is 1.56. The molecule has 3 N–H and O–H groups in total. The Morgan fingerprint density at radius 2 is 2.23 bits per heavy atom. The zero-order valence-electron chi connectivity index (χ0n) is 7.39. The molecule has 4 unspecified atom stereocenters. The Hall–Kier alpha value is -0.285. The molecule has 1 aliphatic heterocycles. The molecule has 1 rings (SSSR count). The van der Waals surface area contributed by atoms with Crippen LogP contribution < -0.4 is 0 Å². The van der Waals surface area contributed by atoms with Gasteiger partial charge in [-0.1, -0.05) is 0 Å². The normalized spacial score (nSPS) is 38.0. The van der Waals surface area contributed by atoms with Gasteiger partial charge in [-0.3, -0.25) is 0 Å². The molecule has 0 aliphatic carbocycles. The molecule has 0 aromatic rings. The van der Waals surface area contributed by atoms with Crippen molar-refractivity contribution in [2.75, 3.05) is 0 Å². The smallest absolute Gasteiger partial charge is 0.212 e. The third-order valence-corrected chi connectivity index (χ3v) is 2.33. The van der Waals surface area contributed by atoms with Gasteiger partial charge in [0.1, 0.15) is 18.0 Å². The van der Waals surface area contributed by atoms with Crippen molar-refractivity contribution in [1.82, 2.24) is 0 Å². The maximum atomic E-state index is 9.43. The van der Waals surface area contributed by atoms with E-state index in [2.05, 4.69) is 0 Å². The fraction of sp³-hybridized carbons (Fsp3) is 0.667. The highest BCUT2D eigenvalue weighted by Crippen LogP contribution is 2.28. The third kappa shape index (κ3) is 2.14. The number of allylic oxidation sites excluding steroid dienone is 1. The highest BCUT2D eigenvalue weighted by molar-refractivity contribution is 7.25. The summed E-state index contributed by atoms with van der Waals surface area (Å²) >= 11 is 0. The van der Waals surface area contributed by atoms with Crippen LogP contribution in [0.5, 0.6) is 0 Å². The van der Waals surface area contributed by atoms with Crippen molar-refractivity contribution in [1.29, 1.82) is 0 Å². The van der Waals surface area contributed by atoms with Gasteiger partial charge in [-0.15, -0.1) is 0 Å². The van der Waals surface area contributed by atoms with E-state index >= 15 is 0 Å². The van der Waals surface area contributed by atoms with Crippen LogP contribution in [0.15, 0.2) is 11.5 Å². The van der Waals surface area contributed by atoms with Crippen LogP contribution in [0.2, 0.25) is 0 Å². The van der Waals surface area contributed by atoms with Gasteiger partial charge in [0.25, 0.3) is 0 Å². The van der Waals surface area contributed by atoms with E-state index in [1.807, 2.05) is 0 Å². The van der Waals surface area contributed by atoms with E-state index in [4.69, 9.17) is 14.2 Å². The van der Waals surface area contributed by atoms with Crippen LogP contribution in [0, 0.1) is 0 Å². The lowest BCUT2D eigenvalue weighted by atomic mass is 9.93. The Morgan fingerprint density at radius 1 is 1.62 bits per heavy atom. The Kier molecular flexibility index (Phi) is 3.56. The molecule has 0 saturated carbocycles. The third-order valence-electron chi connectivity index (χ3n) is 1.93. The molecule has 0 aromatic carbocycles. The lowest BCUT2D eigenvalue weighted by molar-refractivity contribution is 0.0525. The maximum absolute atomic E-state index is 9.43. The lowest BCUT2D eigenvalue weighted by Crippen LogP contribution is -2.29. The van der Waals surface area contributed by atoms with Crippen LogP contribution >= 0.6 is 9.03 Å². The summed E-state index contributed by atoms with van der Waals surface area (Å²) < 4.78 is 9.91. The summed E-state index contributed by atoms with van der Waals surface area (Å²) in [4.78, 5) is 8.49. The largest absolute Gasteiger partial charge is 0.495 e. The second-order valence-electron chi connectivity index (χ2n) is 2.87. The van der Waals surface area contributed by atoms with Crippen LogP contribution in [0.1, 0.15) is 6.92 Å². The summed E-state index contributed by atoms with van der Waals surface area (Å²) in [5, 5.41) is 18.8. The van der Waals surface area contributed by atoms with Crippen molar-refractivity contribution in [2.24, 2.45) is 0 Å². The van der Waals surface area contributed by atoms with E-state index in [0.717, 1.165) is 0 Å². The first-order valence-corrected chi connectivity index (χ1v) is 4.73. The fourth-order valence-corrected chi connectivity index (χ4v) is 1.40. The Labute approximate surface area is 78.7 Å². The van der Waals surface area contributed by atoms with E-state index in [-0.39, 0.29) is 5.76 Å². The van der Waals surface area contributed by atoms with Crippen molar-refractivity contribution in [3.8, 4) is 0 Å². The highest BCUT2D eigenvalue weighted by Gasteiger charge is 2.38. The van der Waals surface area contributed by atoms with Crippen LogP contribution in [-0.2, 0) is 9.26 Å². The van der Waals surface area contributed by atoms with Gasteiger partial charge in [-0.2, -0.15) is 0 Å². The van der Waals surface area contributed by atoms with Gasteiger partial charge in [-0.25, -0.2) is 0 Å². The van der Waals surface area contributed by atoms with Crippen molar-refractivity contribution in [3.05, 3.63) is 11.5 Å². The van der Waals surface area contributed by atoms with Gasteiger partial charge in [-0.05, 0) is 6.92 Å². The summed E-state index contributed by atoms with van der Waals surface area (Å²) in [5.74, 6) is 0.498. The van der Waals surface area contributed by atoms with Crippen LogP contribution in [0.25, 0.3) is 0 Å². The molecule has 4 atom stereocenters. The second-order valence-corrected chi connectivity index (χ2v) is 3.26. The fourth-order valence-electron chi connectivity index (χ4n) is 1.16. The molecule has 7 heteroatoms. The summed E-state index contributed by atoms with van der Waals surface area (Å²) in [5.41, 5.74) is 0. The van der Waals surface area contributed by atoms with Crippen LogP contribution in [0.3, 0.4) is 0 Å². The number of aliphatic hydroxyl groups is 2. The molecular formula is C6H12BO5P. The minimum atomic E-state index is -1.06. The molecule has 1 aliphatic rings. The Bertz CT molecular complexity index is 221. The molecule has 74 valence electrons. The van der Waals surface area contributed by atoms with Crippen LogP contribution in [-0.4, -0.2) is 41.2 Å². The number of aliphatic hydroxyl groups excluding tert-OH is 2. The summed E-state index contributed by atoms with van der Waals surface area (Å²) in [7, 11) is 0.956. The molecule has 0 amide bonds. The lowest BCUT2D eigenvalue weighted by Gasteiger charge is -2.08. The molecule has 1 fully saturated rings. The van der Waals surface area contributed by atoms with Gasteiger partial charge in [0, 0.05) is 0 Å². The first-order chi connectivity index (χ1) is 6.07. The molecule has 5 nitrogen and oxygen atoms in total. The molecule has 1 heterocycles. The number of ether oxygens (including phenoxy) is 1. The topological polar surface area (TPSA) is 79.2 Å². The van der Waals surface area contributed by atoms with Gasteiger partial charge in [0.05, 0.1) is 6.00 Å². The van der Waals surface area contributed by atoms with Gasteiger partial charge in [0.15, 0.2) is 13.6 Å². The van der Waals surface area contributed by atoms with Gasteiger partial charge < -0.3 is 24.4 Å². The van der Waals surface area contributed by atoms with Crippen molar-refractivity contribution >= 4 is 16.9 Å². The standard InChI is InChI=1S/C6H12BO5P/c1-2(12-13-10)5-3(8)4(9)6(7)11-5/h3-4,6,8-10,13H,7H2,1H3/b5-2+. The molecule has 0 radical (unpaired) electrons. The summed E-state index contributed by atoms with van der Waals surface area (Å²) in [6, 6.07) is -0.453. The van der Waals surface area contributed by atoms with Gasteiger partial charge in [0.2, 0.25) is 9.03 Å². The molecule has 13 heavy (non-hydrogen) atoms. The van der Waals surface area contributed by atoms with E-state index in [9.17, 15) is 10.2 Å². The number of rotatable bonds is 2. The molecule has 0 spiro atoms. The first kappa shape index (κ1) is 10.8. The first-order valence-electron chi connectivity index (χ1n) is 3.87. The number of hydrogen-bond donors (Lipinski definition) is 3. The zero-order valence-corrected chi connectivity index (χ0v) is 8.39. The quantitative estimate of drug-likeness (QED) is 0.289. The van der Waals surface area contributed by atoms with E-state index in [1.54, 1.807) is 14.8 Å². The predicted molar refractivity (Wildman–Crippen MR) is 49.7 cm³/mol. The average molecular weight is 206 g/mol. The maximum Gasteiger partial charge on any atom is 0.212 e. The molecular weight excluding hydrogens is 194 g/mol. The van der Waals surface area contributed by atoms with E-state index < -0.39 is 27.2 Å². The van der Waals surface area contributed by atoms with Gasteiger partial charge >= 0.3 is 0 Å². The van der Waals surface area contributed by atoms with E-state index in [0.29, 0.717) is 5.76 Å². The van der Waals surface area contributed by atoms with Crippen molar-refractivity contribution in [2.45, 2.75) is 25.1 Å². The van der Waals surface area contributed by atoms with Crippen molar-refractivity contribution < 1.29 is 24.4 Å². The minimum absolute atomic E-state index is 0.196. The molecule has 0 aromatic heterocycles. The second kappa shape index (κ2) is 4.29. The molecule has 1 saturated heterocycles. The molecule has 0 bridgehead atoms. The average Bonchev–Trinajstić information content (AvgIpc) is 2.33. The Morgan fingerprint density at radius 3 is 2.62 bits per heavy atom. The predicted octanol–water partition coefficient (Wildman–Crippen LogP) is -1.55. The summed E-state index contributed by atoms with van der Waals surface area (Å²) in [6.07, 6.45) is -2.00. The zero-order chi connectivity index (χ0) is 10.0. The SMILES string of the molecule is BC1O/C(=C(\C)OPO)C(O)C1O. The highest BCUT2D eigenvalue weighted by atomic mass is 31.1. The van der Waals surface area contributed by atoms with E-state index in [1.165, 1.54) is 0 Å². The van der Waals surface area contributed by atoms with Crippen LogP contribution in [0.4, 0.5) is 0 Å². The minimum Gasteiger partial charge on any atom is -0.495 e. The van der Waals surface area contributed by atoms with Crippen molar-refractivity contribution in [3.63, 3.8) is 0 Å².